The van der Waals surface area contributed by atoms with E-state index in [-0.39, 0.29) is 102 Å². The first kappa shape index (κ1) is 56.3. The van der Waals surface area contributed by atoms with Crippen molar-refractivity contribution >= 4 is 59.8 Å². The van der Waals surface area contributed by atoms with Gasteiger partial charge in [0.15, 0.2) is 0 Å². The van der Waals surface area contributed by atoms with E-state index in [9.17, 15) is 0 Å². The second-order valence-corrected chi connectivity index (χ2v) is 7.99. The summed E-state index contributed by atoms with van der Waals surface area (Å²) in [6, 6.07) is 0. The second kappa shape index (κ2) is 81.7. The molecule has 0 amide bonds. The molecule has 0 saturated heterocycles. The van der Waals surface area contributed by atoms with Crippen molar-refractivity contribution in [2.45, 2.75) is 7.43 Å². The van der Waals surface area contributed by atoms with Crippen LogP contribution in [0.4, 0.5) is 0 Å². The molecule has 7 heteroatoms. The molecular formula is C4H19Cu2I2KP2-. The minimum Gasteiger partial charge on any atom is 1.00 e. The zero-order valence-corrected chi connectivity index (χ0v) is 18.5. The van der Waals surface area contributed by atoms with E-state index in [1.165, 1.54) is 0 Å². The van der Waals surface area contributed by atoms with Crippen molar-refractivity contribution in [2.75, 3.05) is 6.66 Å². The molecule has 0 spiro atoms. The van der Waals surface area contributed by atoms with Gasteiger partial charge < -0.3 is 16.3 Å². The Morgan fingerprint density at radius 3 is 1.18 bits per heavy atom. The Bertz CT molecular complexity index is 29.0. The Balaban J connectivity index is -0.00000000138. The number of rotatable bonds is 0. The molecule has 0 radical (unpaired) electrons. The summed E-state index contributed by atoms with van der Waals surface area (Å²) in [4.78, 5) is 0. The summed E-state index contributed by atoms with van der Waals surface area (Å²) in [5, 5.41) is 0. The summed E-state index contributed by atoms with van der Waals surface area (Å²) in [7, 11) is 4.17. The van der Waals surface area contributed by atoms with E-state index in [1.807, 2.05) is 6.66 Å². The first-order valence-electron chi connectivity index (χ1n) is 0.805. The van der Waals surface area contributed by atoms with Crippen LogP contribution in [-0.2, 0) is 25.5 Å². The van der Waals surface area contributed by atoms with E-state index in [0.29, 0.717) is 0 Å². The second-order valence-electron chi connectivity index (χ2n) is 0.0431. The molecule has 0 rings (SSSR count). The number of hydrogen-bond acceptors (Lipinski definition) is 0. The molecule has 0 saturated carbocycles. The van der Waals surface area contributed by atoms with Crippen molar-refractivity contribution in [3.8, 4) is 0 Å². The van der Waals surface area contributed by atoms with Crippen LogP contribution in [-0.4, -0.2) is 6.66 Å². The molecule has 0 fully saturated rings. The number of hydrogen-bond donors (Lipinski definition) is 0. The van der Waals surface area contributed by atoms with Crippen LogP contribution in [0.1, 0.15) is 8.85 Å². The average Bonchev–Trinajstić information content (AvgIpc) is 1.46. The Kier molecular flexibility index (Phi) is 418. The standard InChI is InChI=1S/CH5P.CH4.2CH3.2Cu.2HI.K.H3P.H/c1-2;;;;;;;;;;/h2H2,1H3;1H4;2*1H3;;;2*1H;;1H3;/q;;2*-1;+1;+2;;;+1;;-1/p-2. The third-order valence-electron chi connectivity index (χ3n) is 0. The van der Waals surface area contributed by atoms with E-state index in [0.717, 1.165) is 0 Å². The van der Waals surface area contributed by atoms with Gasteiger partial charge in [0, 0.05) is 0 Å². The van der Waals surface area contributed by atoms with Crippen molar-refractivity contribution in [1.82, 2.24) is 0 Å². The van der Waals surface area contributed by atoms with Gasteiger partial charge in [-0.15, -0.1) is 9.24 Å². The number of halogens is 2. The molecule has 0 bridgehead atoms. The van der Waals surface area contributed by atoms with Crippen LogP contribution in [0.3, 0.4) is 0 Å². The van der Waals surface area contributed by atoms with Gasteiger partial charge in [-0.1, -0.05) is 14.1 Å². The molecule has 0 heterocycles. The Morgan fingerprint density at radius 1 is 1.18 bits per heavy atom. The predicted molar refractivity (Wildman–Crippen MR) is 75.5 cm³/mol. The van der Waals surface area contributed by atoms with Crippen LogP contribution in [0.5, 0.6) is 0 Å². The molecule has 0 aliphatic heterocycles. The predicted octanol–water partition coefficient (Wildman–Crippen LogP) is 0.969. The summed E-state index contributed by atoms with van der Waals surface area (Å²) < 4.78 is 0. The average molecular weight is 549 g/mol. The molecule has 11 heavy (non-hydrogen) atoms. The van der Waals surface area contributed by atoms with E-state index in [2.05, 4.69) is 49.9 Å². The van der Waals surface area contributed by atoms with Gasteiger partial charge >= 0.3 is 118 Å². The van der Waals surface area contributed by atoms with Gasteiger partial charge in [0.05, 0.1) is 0 Å². The quantitative estimate of drug-likeness (QED) is 0.183. The van der Waals surface area contributed by atoms with Gasteiger partial charge in [0.2, 0.25) is 0 Å². The minimum absolute atomic E-state index is 0. The maximum Gasteiger partial charge on any atom is 1.00 e. The van der Waals surface area contributed by atoms with Gasteiger partial charge in [-0.25, -0.2) is 0 Å². The van der Waals surface area contributed by atoms with Crippen molar-refractivity contribution in [2.24, 2.45) is 0 Å². The first-order chi connectivity index (χ1) is 2.41. The molecule has 0 aromatic heterocycles. The third kappa shape index (κ3) is 101. The molecule has 2 atom stereocenters. The maximum atomic E-state index is 2.42. The van der Waals surface area contributed by atoms with Crippen LogP contribution < -0.4 is 51.4 Å². The molecule has 0 nitrogen and oxygen atoms in total. The summed E-state index contributed by atoms with van der Waals surface area (Å²) in [6.45, 7) is 1.92. The SMILES string of the molecule is C.CP.P.[CH3-].[CH3-].[Cu+].[H-].[I][Cu][I].[K+]. The van der Waals surface area contributed by atoms with Gasteiger partial charge in [0.1, 0.15) is 0 Å². The molecule has 0 aromatic rings. The largest absolute Gasteiger partial charge is 1.00 e. The van der Waals surface area contributed by atoms with Crippen LogP contribution in [0.15, 0.2) is 0 Å². The summed E-state index contributed by atoms with van der Waals surface area (Å²) >= 11 is 4.36. The zero-order chi connectivity index (χ0) is 4.71. The molecule has 83 valence electrons. The summed E-state index contributed by atoms with van der Waals surface area (Å²) in [5.74, 6) is 0. The fraction of sp³-hybridized carbons (Fsp3) is 0.500. The van der Waals surface area contributed by atoms with Crippen molar-refractivity contribution in [3.63, 3.8) is 0 Å². The topological polar surface area (TPSA) is 0 Å². The third-order valence-corrected chi connectivity index (χ3v) is 0. The van der Waals surface area contributed by atoms with Gasteiger partial charge in [-0.2, -0.15) is 9.90 Å². The van der Waals surface area contributed by atoms with Crippen LogP contribution >= 0.6 is 59.8 Å². The summed E-state index contributed by atoms with van der Waals surface area (Å²) in [5.41, 5.74) is 0. The monoisotopic (exact) mass is 548 g/mol. The van der Waals surface area contributed by atoms with E-state index in [4.69, 9.17) is 0 Å². The smallest absolute Gasteiger partial charge is 1.00 e. The molecule has 0 N–H and O–H groups in total. The fourth-order valence-electron chi connectivity index (χ4n) is 0. The minimum atomic E-state index is 0. The molecule has 0 aliphatic carbocycles. The summed E-state index contributed by atoms with van der Waals surface area (Å²) in [6.07, 6.45) is 0. The van der Waals surface area contributed by atoms with Crippen LogP contribution in [0.25, 0.3) is 0 Å². The molecule has 0 aliphatic rings. The van der Waals surface area contributed by atoms with Crippen LogP contribution in [0, 0.1) is 14.9 Å². The molecular weight excluding hydrogens is 530 g/mol. The van der Waals surface area contributed by atoms with E-state index < -0.39 is 0 Å². The molecule has 0 aromatic carbocycles. The van der Waals surface area contributed by atoms with E-state index >= 15 is 0 Å². The Labute approximate surface area is 163 Å². The fourth-order valence-corrected chi connectivity index (χ4v) is 0. The van der Waals surface area contributed by atoms with Gasteiger partial charge in [-0.3, -0.25) is 0 Å². The van der Waals surface area contributed by atoms with Gasteiger partial charge in [0.25, 0.3) is 0 Å². The van der Waals surface area contributed by atoms with Crippen molar-refractivity contribution in [3.05, 3.63) is 14.9 Å². The van der Waals surface area contributed by atoms with Crippen molar-refractivity contribution < 1.29 is 78.3 Å². The normalized spacial score (nSPS) is 2.55. The van der Waals surface area contributed by atoms with E-state index in [1.54, 1.807) is 8.46 Å². The maximum absolute atomic E-state index is 2.42. The van der Waals surface area contributed by atoms with Gasteiger partial charge in [-0.05, 0) is 0 Å². The zero-order valence-electron chi connectivity index (χ0n) is 7.64. The van der Waals surface area contributed by atoms with Crippen LogP contribution in [0.2, 0.25) is 0 Å². The first-order valence-corrected chi connectivity index (χ1v) is 8.04. The van der Waals surface area contributed by atoms with Crippen molar-refractivity contribution in [1.29, 1.82) is 0 Å². The Morgan fingerprint density at radius 2 is 1.18 bits per heavy atom. The Hall–Kier alpha value is 5.00. The molecule has 2 unspecified atom stereocenters.